The molecule has 0 saturated carbocycles. The summed E-state index contributed by atoms with van der Waals surface area (Å²) >= 11 is 6.08. The third kappa shape index (κ3) is 3.79. The van der Waals surface area contributed by atoms with Gasteiger partial charge in [-0.2, -0.15) is 0 Å². The van der Waals surface area contributed by atoms with Gasteiger partial charge in [0.25, 0.3) is 0 Å². The minimum Gasteiger partial charge on any atom is -0.324 e. The van der Waals surface area contributed by atoms with E-state index in [1.807, 2.05) is 12.1 Å². The zero-order valence-electron chi connectivity index (χ0n) is 17.2. The topological polar surface area (TPSA) is 35.6 Å². The molecule has 2 amide bonds. The van der Waals surface area contributed by atoms with Crippen LogP contribution in [0.25, 0.3) is 0 Å². The maximum Gasteiger partial charge on any atom is 0.322 e. The highest BCUT2D eigenvalue weighted by Gasteiger charge is 2.54. The van der Waals surface area contributed by atoms with Crippen LogP contribution in [-0.4, -0.2) is 41.5 Å². The number of piperidine rings is 1. The predicted octanol–water partition coefficient (Wildman–Crippen LogP) is 5.70. The molecule has 1 N–H and O–H groups in total. The number of para-hydroxylation sites is 1. The van der Waals surface area contributed by atoms with Crippen molar-refractivity contribution in [2.24, 2.45) is 5.41 Å². The third-order valence-corrected chi connectivity index (χ3v) is 6.75. The molecular formula is C23H26ClF2N3O. The second-order valence-electron chi connectivity index (χ2n) is 8.60. The second kappa shape index (κ2) is 8.16. The number of nitrogens with one attached hydrogen (secondary N) is 1. The highest BCUT2D eigenvalue weighted by Crippen LogP contribution is 2.55. The van der Waals surface area contributed by atoms with Gasteiger partial charge in [-0.15, -0.1) is 0 Å². The van der Waals surface area contributed by atoms with Crippen LogP contribution >= 0.6 is 11.6 Å². The number of rotatable bonds is 3. The van der Waals surface area contributed by atoms with Gasteiger partial charge in [-0.3, -0.25) is 4.90 Å². The lowest BCUT2D eigenvalue weighted by atomic mass is 9.62. The summed E-state index contributed by atoms with van der Waals surface area (Å²) in [6.45, 7) is 6.48. The molecule has 4 rings (SSSR count). The molecule has 1 unspecified atom stereocenters. The number of benzene rings is 2. The van der Waals surface area contributed by atoms with Crippen molar-refractivity contribution >= 4 is 23.3 Å². The molecule has 0 aromatic heterocycles. The molecule has 160 valence electrons. The number of carbonyl (C=O) groups is 1. The number of halogens is 3. The number of amides is 2. The first-order chi connectivity index (χ1) is 14.3. The maximum atomic E-state index is 13.9. The van der Waals surface area contributed by atoms with E-state index in [2.05, 4.69) is 36.2 Å². The smallest absolute Gasteiger partial charge is 0.322 e. The molecule has 0 radical (unpaired) electrons. The molecule has 7 heteroatoms. The van der Waals surface area contributed by atoms with Crippen molar-refractivity contribution in [1.29, 1.82) is 0 Å². The lowest BCUT2D eigenvalue weighted by Crippen LogP contribution is -2.64. The Balaban J connectivity index is 1.46. The predicted molar refractivity (Wildman–Crippen MR) is 115 cm³/mol. The van der Waals surface area contributed by atoms with Crippen LogP contribution in [-0.2, 0) is 0 Å². The van der Waals surface area contributed by atoms with Crippen LogP contribution in [0.3, 0.4) is 0 Å². The third-order valence-electron chi connectivity index (χ3n) is 6.50. The molecule has 2 aromatic carbocycles. The Hall–Kier alpha value is -2.18. The Morgan fingerprint density at radius 3 is 2.27 bits per heavy atom. The summed E-state index contributed by atoms with van der Waals surface area (Å²) in [5, 5.41) is 3.12. The summed E-state index contributed by atoms with van der Waals surface area (Å²) in [7, 11) is 0. The summed E-state index contributed by atoms with van der Waals surface area (Å²) in [5.41, 5.74) is 0.945. The molecule has 2 heterocycles. The normalized spacial score (nSPS) is 21.0. The first-order valence-electron chi connectivity index (χ1n) is 10.3. The molecule has 30 heavy (non-hydrogen) atoms. The van der Waals surface area contributed by atoms with Gasteiger partial charge in [0.05, 0.1) is 0 Å². The standard InChI is InChI=1S/C23H26ClF2N3O/c1-15(2)29-14-23(21(29)16-6-8-17(24)9-7-16)10-12-28(13-11-23)22(30)27-20-18(25)4-3-5-19(20)26/h3-9,15,21H,10-14H2,1-2H3,(H,27,30). The average Bonchev–Trinajstić information content (AvgIpc) is 2.71. The van der Waals surface area contributed by atoms with Gasteiger partial charge in [-0.1, -0.05) is 29.8 Å². The molecule has 2 saturated heterocycles. The van der Waals surface area contributed by atoms with Crippen LogP contribution in [0, 0.1) is 17.0 Å². The van der Waals surface area contributed by atoms with Crippen molar-refractivity contribution in [3.8, 4) is 0 Å². The molecule has 0 aliphatic carbocycles. The molecule has 4 nitrogen and oxygen atoms in total. The Morgan fingerprint density at radius 1 is 1.10 bits per heavy atom. The molecule has 1 spiro atoms. The van der Waals surface area contributed by atoms with Gasteiger partial charge >= 0.3 is 6.03 Å². The fourth-order valence-corrected chi connectivity index (χ4v) is 4.97. The fourth-order valence-electron chi connectivity index (χ4n) is 4.84. The first kappa shape index (κ1) is 21.1. The van der Waals surface area contributed by atoms with Crippen LogP contribution in [0.5, 0.6) is 0 Å². The number of anilines is 1. The van der Waals surface area contributed by atoms with E-state index in [4.69, 9.17) is 11.6 Å². The van der Waals surface area contributed by atoms with E-state index in [1.54, 1.807) is 4.90 Å². The first-order valence-corrected chi connectivity index (χ1v) is 10.7. The molecule has 2 fully saturated rings. The van der Waals surface area contributed by atoms with Gasteiger partial charge in [0, 0.05) is 42.2 Å². The van der Waals surface area contributed by atoms with E-state index < -0.39 is 23.4 Å². The van der Waals surface area contributed by atoms with Gasteiger partial charge in [0.15, 0.2) is 0 Å². The summed E-state index contributed by atoms with van der Waals surface area (Å²) in [6.07, 6.45) is 1.69. The zero-order chi connectivity index (χ0) is 21.5. The van der Waals surface area contributed by atoms with Crippen LogP contribution in [0.4, 0.5) is 19.3 Å². The molecule has 2 aliphatic rings. The number of carbonyl (C=O) groups excluding carboxylic acids is 1. The number of nitrogens with zero attached hydrogens (tertiary/aromatic N) is 2. The monoisotopic (exact) mass is 433 g/mol. The minimum atomic E-state index is -0.772. The van der Waals surface area contributed by atoms with Crippen molar-refractivity contribution in [1.82, 2.24) is 9.80 Å². The lowest BCUT2D eigenvalue weighted by Gasteiger charge is -2.62. The molecular weight excluding hydrogens is 408 g/mol. The van der Waals surface area contributed by atoms with E-state index >= 15 is 0 Å². The average molecular weight is 434 g/mol. The Bertz CT molecular complexity index is 906. The van der Waals surface area contributed by atoms with Crippen molar-refractivity contribution in [2.45, 2.75) is 38.8 Å². The van der Waals surface area contributed by atoms with Crippen LogP contribution in [0.2, 0.25) is 5.02 Å². The van der Waals surface area contributed by atoms with E-state index in [0.29, 0.717) is 19.1 Å². The number of likely N-dealkylation sites (tertiary alicyclic amines) is 2. The van der Waals surface area contributed by atoms with Crippen molar-refractivity contribution in [3.05, 3.63) is 64.7 Å². The fraction of sp³-hybridized carbons (Fsp3) is 0.435. The molecule has 1 atom stereocenters. The minimum absolute atomic E-state index is 0.0954. The second-order valence-corrected chi connectivity index (χ2v) is 9.03. The van der Waals surface area contributed by atoms with Gasteiger partial charge in [0.1, 0.15) is 17.3 Å². The molecule has 2 aromatic rings. The van der Waals surface area contributed by atoms with Crippen LogP contribution in [0.1, 0.15) is 38.3 Å². The maximum absolute atomic E-state index is 13.9. The van der Waals surface area contributed by atoms with Gasteiger partial charge in [-0.05, 0) is 56.5 Å². The van der Waals surface area contributed by atoms with E-state index in [0.717, 1.165) is 36.5 Å². The van der Waals surface area contributed by atoms with Gasteiger partial charge < -0.3 is 10.2 Å². The number of hydrogen-bond acceptors (Lipinski definition) is 2. The Kier molecular flexibility index (Phi) is 5.73. The summed E-state index contributed by atoms with van der Waals surface area (Å²) < 4.78 is 27.7. The highest BCUT2D eigenvalue weighted by atomic mass is 35.5. The summed E-state index contributed by atoms with van der Waals surface area (Å²) in [6, 6.07) is 11.8. The van der Waals surface area contributed by atoms with E-state index in [-0.39, 0.29) is 11.5 Å². The number of urea groups is 1. The van der Waals surface area contributed by atoms with Crippen LogP contribution in [0.15, 0.2) is 42.5 Å². The highest BCUT2D eigenvalue weighted by molar-refractivity contribution is 6.30. The van der Waals surface area contributed by atoms with Crippen molar-refractivity contribution in [2.75, 3.05) is 25.0 Å². The van der Waals surface area contributed by atoms with Gasteiger partial charge in [-0.25, -0.2) is 13.6 Å². The largest absolute Gasteiger partial charge is 0.324 e. The molecule has 0 bridgehead atoms. The lowest BCUT2D eigenvalue weighted by molar-refractivity contribution is -0.123. The quantitative estimate of drug-likeness (QED) is 0.674. The SMILES string of the molecule is CC(C)N1CC2(CCN(C(=O)Nc3c(F)cccc3F)CC2)C1c1ccc(Cl)cc1. The summed E-state index contributed by atoms with van der Waals surface area (Å²) in [4.78, 5) is 16.7. The van der Waals surface area contributed by atoms with Crippen molar-refractivity contribution in [3.63, 3.8) is 0 Å². The van der Waals surface area contributed by atoms with Crippen molar-refractivity contribution < 1.29 is 13.6 Å². The summed E-state index contributed by atoms with van der Waals surface area (Å²) in [5.74, 6) is -1.54. The molecule has 2 aliphatic heterocycles. The van der Waals surface area contributed by atoms with Gasteiger partial charge in [0.2, 0.25) is 0 Å². The number of hydrogen-bond donors (Lipinski definition) is 1. The zero-order valence-corrected chi connectivity index (χ0v) is 17.9. The van der Waals surface area contributed by atoms with E-state index in [9.17, 15) is 13.6 Å². The Morgan fingerprint density at radius 2 is 1.70 bits per heavy atom. The van der Waals surface area contributed by atoms with Crippen LogP contribution < -0.4 is 5.32 Å². The van der Waals surface area contributed by atoms with E-state index in [1.165, 1.54) is 11.6 Å². The Labute approximate surface area is 180 Å².